The normalized spacial score (nSPS) is 18.1. The Labute approximate surface area is 128 Å². The second-order valence-corrected chi connectivity index (χ2v) is 5.32. The van der Waals surface area contributed by atoms with Crippen molar-refractivity contribution in [1.82, 2.24) is 24.8 Å². The molecule has 0 radical (unpaired) electrons. The molecule has 2 aromatic heterocycles. The molecular formula is C15H19N5O2. The van der Waals surface area contributed by atoms with Crippen molar-refractivity contribution in [3.63, 3.8) is 0 Å². The zero-order chi connectivity index (χ0) is 15.2. The summed E-state index contributed by atoms with van der Waals surface area (Å²) in [5.41, 5.74) is 0.874. The summed E-state index contributed by atoms with van der Waals surface area (Å²) < 4.78 is 7.37. The van der Waals surface area contributed by atoms with Gasteiger partial charge in [0.05, 0.1) is 6.33 Å². The molecule has 7 nitrogen and oxygen atoms in total. The number of amides is 1. The minimum Gasteiger partial charge on any atom is -0.370 e. The SMILES string of the molecule is O=C(Cn1ccnc1)NCc1cnc([C@@H]2CCCCO2)nc1. The smallest absolute Gasteiger partial charge is 0.240 e. The first-order chi connectivity index (χ1) is 10.8. The van der Waals surface area contributed by atoms with Crippen LogP contribution >= 0.6 is 0 Å². The number of nitrogens with zero attached hydrogens (tertiary/aromatic N) is 4. The quantitative estimate of drug-likeness (QED) is 0.898. The van der Waals surface area contributed by atoms with E-state index in [2.05, 4.69) is 20.3 Å². The molecule has 1 aliphatic rings. The third-order valence-electron chi connectivity index (χ3n) is 3.57. The molecule has 0 bridgehead atoms. The lowest BCUT2D eigenvalue weighted by molar-refractivity contribution is -0.121. The Bertz CT molecular complexity index is 591. The summed E-state index contributed by atoms with van der Waals surface area (Å²) in [6.45, 7) is 1.45. The predicted octanol–water partition coefficient (Wildman–Crippen LogP) is 1.23. The van der Waals surface area contributed by atoms with E-state index < -0.39 is 0 Å². The lowest BCUT2D eigenvalue weighted by atomic mass is 10.1. The third kappa shape index (κ3) is 3.88. The van der Waals surface area contributed by atoms with Crippen LogP contribution in [0.2, 0.25) is 0 Å². The number of rotatable bonds is 5. The number of hydrogen-bond acceptors (Lipinski definition) is 5. The van der Waals surface area contributed by atoms with Crippen LogP contribution in [0, 0.1) is 0 Å². The lowest BCUT2D eigenvalue weighted by Crippen LogP contribution is -2.26. The van der Waals surface area contributed by atoms with Crippen LogP contribution in [0.15, 0.2) is 31.1 Å². The molecule has 116 valence electrons. The van der Waals surface area contributed by atoms with E-state index in [-0.39, 0.29) is 18.6 Å². The summed E-state index contributed by atoms with van der Waals surface area (Å²) >= 11 is 0. The fourth-order valence-electron chi connectivity index (χ4n) is 2.37. The number of ether oxygens (including phenoxy) is 1. The molecule has 1 saturated heterocycles. The number of nitrogens with one attached hydrogen (secondary N) is 1. The van der Waals surface area contributed by atoms with Gasteiger partial charge in [0.1, 0.15) is 12.6 Å². The average molecular weight is 301 g/mol. The van der Waals surface area contributed by atoms with Crippen molar-refractivity contribution >= 4 is 5.91 Å². The zero-order valence-corrected chi connectivity index (χ0v) is 12.3. The summed E-state index contributed by atoms with van der Waals surface area (Å²) in [4.78, 5) is 24.4. The van der Waals surface area contributed by atoms with Crippen LogP contribution < -0.4 is 5.32 Å². The van der Waals surface area contributed by atoms with Gasteiger partial charge >= 0.3 is 0 Å². The molecule has 0 saturated carbocycles. The van der Waals surface area contributed by atoms with Crippen molar-refractivity contribution in [2.75, 3.05) is 6.61 Å². The van der Waals surface area contributed by atoms with Crippen molar-refractivity contribution in [2.24, 2.45) is 0 Å². The van der Waals surface area contributed by atoms with Gasteiger partial charge in [0.25, 0.3) is 0 Å². The highest BCUT2D eigenvalue weighted by Crippen LogP contribution is 2.24. The van der Waals surface area contributed by atoms with Gasteiger partial charge in [0.15, 0.2) is 5.82 Å². The maximum atomic E-state index is 11.8. The highest BCUT2D eigenvalue weighted by molar-refractivity contribution is 5.75. The van der Waals surface area contributed by atoms with Gasteiger partial charge < -0.3 is 14.6 Å². The first kappa shape index (κ1) is 14.6. The van der Waals surface area contributed by atoms with Gasteiger partial charge in [0.2, 0.25) is 5.91 Å². The minimum atomic E-state index is -0.0716. The summed E-state index contributed by atoms with van der Waals surface area (Å²) in [6, 6.07) is 0. The average Bonchev–Trinajstić information content (AvgIpc) is 3.07. The molecule has 1 amide bonds. The molecule has 1 atom stereocenters. The number of imidazole rings is 1. The molecular weight excluding hydrogens is 282 g/mol. The fourth-order valence-corrected chi connectivity index (χ4v) is 2.37. The van der Waals surface area contributed by atoms with E-state index in [4.69, 9.17) is 4.74 Å². The van der Waals surface area contributed by atoms with Crippen LogP contribution in [-0.2, 0) is 22.6 Å². The van der Waals surface area contributed by atoms with Gasteiger partial charge in [-0.2, -0.15) is 0 Å². The Morgan fingerprint density at radius 2 is 2.23 bits per heavy atom. The second kappa shape index (κ2) is 7.13. The molecule has 2 aromatic rings. The summed E-state index contributed by atoms with van der Waals surface area (Å²) in [6.07, 6.45) is 11.8. The molecule has 0 spiro atoms. The van der Waals surface area contributed by atoms with Gasteiger partial charge in [-0.1, -0.05) is 0 Å². The second-order valence-electron chi connectivity index (χ2n) is 5.32. The first-order valence-corrected chi connectivity index (χ1v) is 7.46. The number of aromatic nitrogens is 4. The number of carbonyl (C=O) groups is 1. The van der Waals surface area contributed by atoms with Crippen molar-refractivity contribution in [3.05, 3.63) is 42.5 Å². The van der Waals surface area contributed by atoms with Gasteiger partial charge in [-0.3, -0.25) is 4.79 Å². The van der Waals surface area contributed by atoms with E-state index in [0.29, 0.717) is 6.54 Å². The van der Waals surface area contributed by atoms with Crippen LogP contribution in [0.25, 0.3) is 0 Å². The third-order valence-corrected chi connectivity index (χ3v) is 3.57. The molecule has 22 heavy (non-hydrogen) atoms. The number of carbonyl (C=O) groups excluding carboxylic acids is 1. The molecule has 7 heteroatoms. The maximum Gasteiger partial charge on any atom is 0.240 e. The minimum absolute atomic E-state index is 0.0126. The summed E-state index contributed by atoms with van der Waals surface area (Å²) in [5.74, 6) is 0.658. The molecule has 0 aliphatic carbocycles. The molecule has 1 fully saturated rings. The van der Waals surface area contributed by atoms with Gasteiger partial charge in [-0.15, -0.1) is 0 Å². The Kier molecular flexibility index (Phi) is 4.75. The summed E-state index contributed by atoms with van der Waals surface area (Å²) in [5, 5.41) is 2.84. The van der Waals surface area contributed by atoms with E-state index >= 15 is 0 Å². The van der Waals surface area contributed by atoms with E-state index in [0.717, 1.165) is 37.3 Å². The Morgan fingerprint density at radius 1 is 1.36 bits per heavy atom. The summed E-state index contributed by atoms with van der Waals surface area (Å²) in [7, 11) is 0. The molecule has 0 aromatic carbocycles. The fraction of sp³-hybridized carbons (Fsp3) is 0.467. The maximum absolute atomic E-state index is 11.8. The largest absolute Gasteiger partial charge is 0.370 e. The Balaban J connectivity index is 1.49. The van der Waals surface area contributed by atoms with Crippen molar-refractivity contribution < 1.29 is 9.53 Å². The highest BCUT2D eigenvalue weighted by atomic mass is 16.5. The standard InChI is InChI=1S/C15H19N5O2/c21-14(10-20-5-4-16-11-20)17-7-12-8-18-15(19-9-12)13-3-1-2-6-22-13/h4-5,8-9,11,13H,1-3,6-7,10H2,(H,17,21)/t13-/m0/s1. The topological polar surface area (TPSA) is 81.9 Å². The van der Waals surface area contributed by atoms with Gasteiger partial charge in [-0.05, 0) is 19.3 Å². The predicted molar refractivity (Wildman–Crippen MR) is 78.6 cm³/mol. The Hall–Kier alpha value is -2.28. The van der Waals surface area contributed by atoms with Crippen LogP contribution in [0.4, 0.5) is 0 Å². The van der Waals surface area contributed by atoms with E-state index in [1.54, 1.807) is 35.7 Å². The van der Waals surface area contributed by atoms with E-state index in [9.17, 15) is 4.79 Å². The van der Waals surface area contributed by atoms with Crippen LogP contribution in [0.5, 0.6) is 0 Å². The highest BCUT2D eigenvalue weighted by Gasteiger charge is 2.18. The van der Waals surface area contributed by atoms with Crippen molar-refractivity contribution in [1.29, 1.82) is 0 Å². The van der Waals surface area contributed by atoms with Crippen LogP contribution in [-0.4, -0.2) is 32.0 Å². The molecule has 3 rings (SSSR count). The van der Waals surface area contributed by atoms with Gasteiger partial charge in [-0.25, -0.2) is 15.0 Å². The molecule has 1 aliphatic heterocycles. The Morgan fingerprint density at radius 3 is 2.91 bits per heavy atom. The zero-order valence-electron chi connectivity index (χ0n) is 12.3. The molecule has 0 unspecified atom stereocenters. The lowest BCUT2D eigenvalue weighted by Gasteiger charge is -2.21. The molecule has 1 N–H and O–H groups in total. The van der Waals surface area contributed by atoms with E-state index in [1.807, 2.05) is 0 Å². The van der Waals surface area contributed by atoms with Crippen LogP contribution in [0.1, 0.15) is 36.8 Å². The first-order valence-electron chi connectivity index (χ1n) is 7.46. The monoisotopic (exact) mass is 301 g/mol. The van der Waals surface area contributed by atoms with Gasteiger partial charge in [0, 0.05) is 43.5 Å². The van der Waals surface area contributed by atoms with Crippen molar-refractivity contribution in [2.45, 2.75) is 38.5 Å². The van der Waals surface area contributed by atoms with Crippen LogP contribution in [0.3, 0.4) is 0 Å². The molecule has 3 heterocycles. The van der Waals surface area contributed by atoms with Crippen molar-refractivity contribution in [3.8, 4) is 0 Å². The van der Waals surface area contributed by atoms with E-state index in [1.165, 1.54) is 0 Å². The number of hydrogen-bond donors (Lipinski definition) is 1.